The third-order valence-corrected chi connectivity index (χ3v) is 2.39. The lowest BCUT2D eigenvalue weighted by Crippen LogP contribution is -2.28. The summed E-state index contributed by atoms with van der Waals surface area (Å²) in [6.07, 6.45) is -1.89. The summed E-state index contributed by atoms with van der Waals surface area (Å²) in [6.45, 7) is 2.31. The monoisotopic (exact) mass is 247 g/mol. The molecule has 1 aromatic rings. The number of methoxy groups -OCH3 is 1. The summed E-state index contributed by atoms with van der Waals surface area (Å²) >= 11 is 0. The molecule has 1 atom stereocenters. The molecule has 0 fully saturated rings. The highest BCUT2D eigenvalue weighted by atomic mass is 19.3. The molecule has 0 radical (unpaired) electrons. The molecular weight excluding hydrogens is 231 g/mol. The summed E-state index contributed by atoms with van der Waals surface area (Å²) in [7, 11) is 1.37. The van der Waals surface area contributed by atoms with Gasteiger partial charge in [0, 0.05) is 5.56 Å². The SMILES string of the molecule is CCCNC(c1cc(F)ccc1OC)C(F)F. The van der Waals surface area contributed by atoms with Crippen LogP contribution in [0.4, 0.5) is 13.2 Å². The van der Waals surface area contributed by atoms with Gasteiger partial charge in [0.05, 0.1) is 13.2 Å². The van der Waals surface area contributed by atoms with Gasteiger partial charge in [-0.2, -0.15) is 0 Å². The molecule has 0 heterocycles. The first kappa shape index (κ1) is 13.8. The van der Waals surface area contributed by atoms with Gasteiger partial charge in [0.15, 0.2) is 0 Å². The lowest BCUT2D eigenvalue weighted by Gasteiger charge is -2.20. The Kier molecular flexibility index (Phi) is 5.28. The Balaban J connectivity index is 3.02. The van der Waals surface area contributed by atoms with Gasteiger partial charge in [-0.3, -0.25) is 0 Å². The summed E-state index contributed by atoms with van der Waals surface area (Å²) in [5, 5.41) is 2.69. The van der Waals surface area contributed by atoms with Gasteiger partial charge in [-0.25, -0.2) is 13.2 Å². The quantitative estimate of drug-likeness (QED) is 0.833. The molecule has 0 aliphatic carbocycles. The highest BCUT2D eigenvalue weighted by molar-refractivity contribution is 5.36. The average Bonchev–Trinajstić information content (AvgIpc) is 2.29. The molecule has 0 bridgehead atoms. The molecule has 0 spiro atoms. The van der Waals surface area contributed by atoms with E-state index in [1.165, 1.54) is 19.2 Å². The van der Waals surface area contributed by atoms with Crippen molar-refractivity contribution in [1.29, 1.82) is 0 Å². The lowest BCUT2D eigenvalue weighted by molar-refractivity contribution is 0.0970. The lowest BCUT2D eigenvalue weighted by atomic mass is 10.1. The van der Waals surface area contributed by atoms with E-state index in [-0.39, 0.29) is 11.3 Å². The van der Waals surface area contributed by atoms with Crippen molar-refractivity contribution in [2.45, 2.75) is 25.8 Å². The zero-order chi connectivity index (χ0) is 12.8. The summed E-state index contributed by atoms with van der Waals surface area (Å²) in [5.74, 6) is -0.287. The normalized spacial score (nSPS) is 12.8. The maximum atomic E-state index is 13.1. The first-order valence-electron chi connectivity index (χ1n) is 5.45. The number of hydrogen-bond donors (Lipinski definition) is 1. The van der Waals surface area contributed by atoms with Crippen LogP contribution in [0.25, 0.3) is 0 Å². The van der Waals surface area contributed by atoms with Gasteiger partial charge in [0.2, 0.25) is 0 Å². The van der Waals surface area contributed by atoms with E-state index in [1.54, 1.807) is 0 Å². The molecule has 17 heavy (non-hydrogen) atoms. The van der Waals surface area contributed by atoms with Crippen molar-refractivity contribution >= 4 is 0 Å². The predicted molar refractivity (Wildman–Crippen MR) is 60.0 cm³/mol. The summed E-state index contributed by atoms with van der Waals surface area (Å²) in [6, 6.07) is 2.41. The van der Waals surface area contributed by atoms with Crippen LogP contribution in [0.2, 0.25) is 0 Å². The first-order chi connectivity index (χ1) is 8.10. The molecule has 0 aliphatic rings. The average molecular weight is 247 g/mol. The van der Waals surface area contributed by atoms with Crippen molar-refractivity contribution in [2.75, 3.05) is 13.7 Å². The number of nitrogens with one attached hydrogen (secondary N) is 1. The third kappa shape index (κ3) is 3.63. The highest BCUT2D eigenvalue weighted by Gasteiger charge is 2.25. The van der Waals surface area contributed by atoms with Crippen LogP contribution >= 0.6 is 0 Å². The minimum Gasteiger partial charge on any atom is -0.496 e. The van der Waals surface area contributed by atoms with Crippen LogP contribution in [-0.2, 0) is 0 Å². The van der Waals surface area contributed by atoms with E-state index < -0.39 is 18.3 Å². The van der Waals surface area contributed by atoms with Gasteiger partial charge in [-0.15, -0.1) is 0 Å². The standard InChI is InChI=1S/C12H16F3NO/c1-3-6-16-11(12(14)15)9-7-8(13)4-5-10(9)17-2/h4-5,7,11-12,16H,3,6H2,1-2H3. The molecule has 0 aromatic heterocycles. The molecule has 96 valence electrons. The number of rotatable bonds is 6. The predicted octanol–water partition coefficient (Wildman–Crippen LogP) is 3.14. The Bertz CT molecular complexity index is 358. The fourth-order valence-corrected chi connectivity index (χ4v) is 1.58. The van der Waals surface area contributed by atoms with Crippen LogP contribution < -0.4 is 10.1 Å². The molecule has 0 aliphatic heterocycles. The van der Waals surface area contributed by atoms with Crippen molar-refractivity contribution in [2.24, 2.45) is 0 Å². The second kappa shape index (κ2) is 6.49. The van der Waals surface area contributed by atoms with Crippen LogP contribution in [0, 0.1) is 5.82 Å². The third-order valence-electron chi connectivity index (χ3n) is 2.39. The largest absolute Gasteiger partial charge is 0.496 e. The molecule has 2 nitrogen and oxygen atoms in total. The molecule has 1 unspecified atom stereocenters. The van der Waals surface area contributed by atoms with Gasteiger partial charge in [-0.1, -0.05) is 6.92 Å². The second-order valence-electron chi connectivity index (χ2n) is 3.65. The maximum Gasteiger partial charge on any atom is 0.257 e. The van der Waals surface area contributed by atoms with E-state index in [0.717, 1.165) is 12.5 Å². The van der Waals surface area contributed by atoms with Gasteiger partial charge in [0.25, 0.3) is 6.43 Å². The molecule has 1 rings (SSSR count). The van der Waals surface area contributed by atoms with E-state index in [0.29, 0.717) is 6.54 Å². The molecule has 1 N–H and O–H groups in total. The number of alkyl halides is 2. The van der Waals surface area contributed by atoms with E-state index in [1.807, 2.05) is 6.92 Å². The minimum atomic E-state index is -2.61. The van der Waals surface area contributed by atoms with E-state index in [4.69, 9.17) is 4.74 Å². The molecule has 0 saturated carbocycles. The molecule has 1 aromatic carbocycles. The van der Waals surface area contributed by atoms with Crippen LogP contribution in [0.15, 0.2) is 18.2 Å². The van der Waals surface area contributed by atoms with Crippen molar-refractivity contribution in [3.63, 3.8) is 0 Å². The molecule has 0 amide bonds. The van der Waals surface area contributed by atoms with Crippen molar-refractivity contribution in [3.05, 3.63) is 29.6 Å². The zero-order valence-corrected chi connectivity index (χ0v) is 9.84. The van der Waals surface area contributed by atoms with Crippen molar-refractivity contribution < 1.29 is 17.9 Å². The molecule has 0 saturated heterocycles. The van der Waals surface area contributed by atoms with Crippen molar-refractivity contribution in [1.82, 2.24) is 5.32 Å². The maximum absolute atomic E-state index is 13.1. The number of halogens is 3. The van der Waals surface area contributed by atoms with Crippen molar-refractivity contribution in [3.8, 4) is 5.75 Å². The van der Waals surface area contributed by atoms with E-state index in [9.17, 15) is 13.2 Å². The fourth-order valence-electron chi connectivity index (χ4n) is 1.58. The Morgan fingerprint density at radius 2 is 2.06 bits per heavy atom. The Morgan fingerprint density at radius 1 is 1.35 bits per heavy atom. The van der Waals surface area contributed by atoms with Gasteiger partial charge < -0.3 is 10.1 Å². The van der Waals surface area contributed by atoms with Gasteiger partial charge >= 0.3 is 0 Å². The van der Waals surface area contributed by atoms with Gasteiger partial charge in [-0.05, 0) is 31.2 Å². The highest BCUT2D eigenvalue weighted by Crippen LogP contribution is 2.29. The van der Waals surface area contributed by atoms with E-state index in [2.05, 4.69) is 5.32 Å². The van der Waals surface area contributed by atoms with Crippen LogP contribution in [0.3, 0.4) is 0 Å². The van der Waals surface area contributed by atoms with E-state index >= 15 is 0 Å². The smallest absolute Gasteiger partial charge is 0.257 e. The first-order valence-corrected chi connectivity index (χ1v) is 5.45. The second-order valence-corrected chi connectivity index (χ2v) is 3.65. The summed E-state index contributed by atoms with van der Waals surface area (Å²) in [4.78, 5) is 0. The minimum absolute atomic E-state index is 0.149. The summed E-state index contributed by atoms with van der Waals surface area (Å²) in [5.41, 5.74) is 0.149. The number of benzene rings is 1. The number of hydrogen-bond acceptors (Lipinski definition) is 2. The Labute approximate surface area is 98.8 Å². The fraction of sp³-hybridized carbons (Fsp3) is 0.500. The topological polar surface area (TPSA) is 21.3 Å². The van der Waals surface area contributed by atoms with Crippen LogP contribution in [0.5, 0.6) is 5.75 Å². The molecule has 5 heteroatoms. The molecular formula is C12H16F3NO. The Morgan fingerprint density at radius 3 is 2.59 bits per heavy atom. The van der Waals surface area contributed by atoms with Crippen LogP contribution in [0.1, 0.15) is 24.9 Å². The summed E-state index contributed by atoms with van der Waals surface area (Å²) < 4.78 is 43.9. The number of ether oxygens (including phenoxy) is 1. The van der Waals surface area contributed by atoms with Gasteiger partial charge in [0.1, 0.15) is 11.6 Å². The zero-order valence-electron chi connectivity index (χ0n) is 9.84. The Hall–Kier alpha value is -1.23. The van der Waals surface area contributed by atoms with Crippen LogP contribution in [-0.4, -0.2) is 20.1 Å².